The second-order valence-corrected chi connectivity index (χ2v) is 3.35. The highest BCUT2D eigenvalue weighted by atomic mass is 16.2. The van der Waals surface area contributed by atoms with Crippen LogP contribution in [0, 0.1) is 5.92 Å². The van der Waals surface area contributed by atoms with Gasteiger partial charge in [-0.25, -0.2) is 0 Å². The Bertz CT molecular complexity index is 315. The summed E-state index contributed by atoms with van der Waals surface area (Å²) in [5.74, 6) is 0.197. The van der Waals surface area contributed by atoms with Crippen molar-refractivity contribution < 1.29 is 4.79 Å². The largest absolute Gasteiger partial charge is 0.331 e. The van der Waals surface area contributed by atoms with Crippen molar-refractivity contribution in [1.29, 1.82) is 0 Å². The highest BCUT2D eigenvalue weighted by Crippen LogP contribution is 2.24. The summed E-state index contributed by atoms with van der Waals surface area (Å²) < 4.78 is 0. The fraction of sp³-hybridized carbons (Fsp3) is 0.300. The molecule has 0 aromatic rings. The first-order valence-electron chi connectivity index (χ1n) is 4.38. The topological polar surface area (TPSA) is 55.1 Å². The Hall–Kier alpha value is -1.35. The van der Waals surface area contributed by atoms with E-state index in [2.05, 4.69) is 11.4 Å². The number of nitrogens with one attached hydrogen (secondary N) is 1. The molecule has 0 spiro atoms. The minimum Gasteiger partial charge on any atom is -0.331 e. The van der Waals surface area contributed by atoms with Crippen LogP contribution in [0.15, 0.2) is 36.1 Å². The molecule has 2 rings (SSSR count). The summed E-state index contributed by atoms with van der Waals surface area (Å²) >= 11 is 0. The van der Waals surface area contributed by atoms with E-state index < -0.39 is 6.04 Å². The number of hydrogen-bond acceptors (Lipinski definition) is 2. The van der Waals surface area contributed by atoms with Crippen LogP contribution in [0.5, 0.6) is 0 Å². The number of fused-ring (bicyclic) bond motifs is 1. The van der Waals surface area contributed by atoms with Gasteiger partial charge in [-0.1, -0.05) is 24.3 Å². The van der Waals surface area contributed by atoms with Crippen LogP contribution in [0.2, 0.25) is 0 Å². The summed E-state index contributed by atoms with van der Waals surface area (Å²) in [5.41, 5.74) is 6.81. The molecule has 1 aliphatic carbocycles. The lowest BCUT2D eigenvalue weighted by atomic mass is 9.90. The summed E-state index contributed by atoms with van der Waals surface area (Å²) in [6, 6.07) is -0.394. The molecule has 0 saturated heterocycles. The van der Waals surface area contributed by atoms with E-state index in [-0.39, 0.29) is 5.91 Å². The first kappa shape index (κ1) is 8.26. The van der Waals surface area contributed by atoms with Gasteiger partial charge in [0.05, 0.1) is 6.04 Å². The maximum Gasteiger partial charge on any atom is 0.240 e. The van der Waals surface area contributed by atoms with Gasteiger partial charge in [0.25, 0.3) is 0 Å². The third-order valence-corrected chi connectivity index (χ3v) is 2.40. The summed E-state index contributed by atoms with van der Waals surface area (Å²) in [5, 5.41) is 2.68. The van der Waals surface area contributed by atoms with Crippen LogP contribution in [-0.4, -0.2) is 11.9 Å². The quantitative estimate of drug-likeness (QED) is 0.563. The molecule has 0 bridgehead atoms. The van der Waals surface area contributed by atoms with Crippen LogP contribution >= 0.6 is 0 Å². The normalized spacial score (nSPS) is 31.8. The molecule has 0 fully saturated rings. The first-order valence-corrected chi connectivity index (χ1v) is 4.38. The molecule has 2 aliphatic rings. The molecule has 0 radical (unpaired) electrons. The summed E-state index contributed by atoms with van der Waals surface area (Å²) in [7, 11) is 0. The lowest BCUT2D eigenvalue weighted by Gasteiger charge is -2.15. The van der Waals surface area contributed by atoms with Crippen LogP contribution < -0.4 is 11.1 Å². The van der Waals surface area contributed by atoms with Crippen molar-refractivity contribution in [3.05, 3.63) is 36.1 Å². The van der Waals surface area contributed by atoms with Crippen molar-refractivity contribution >= 4 is 5.91 Å². The average Bonchev–Trinajstić information content (AvgIpc) is 2.28. The van der Waals surface area contributed by atoms with Gasteiger partial charge < -0.3 is 11.1 Å². The van der Waals surface area contributed by atoms with Crippen LogP contribution in [0.3, 0.4) is 0 Å². The van der Waals surface area contributed by atoms with Gasteiger partial charge in [0, 0.05) is 12.1 Å². The molecule has 0 aromatic carbocycles. The minimum absolute atomic E-state index is 0.0938. The van der Waals surface area contributed by atoms with Crippen molar-refractivity contribution in [3.63, 3.8) is 0 Å². The van der Waals surface area contributed by atoms with Gasteiger partial charge in [0.2, 0.25) is 5.91 Å². The molecule has 2 atom stereocenters. The molecule has 0 saturated carbocycles. The van der Waals surface area contributed by atoms with E-state index >= 15 is 0 Å². The van der Waals surface area contributed by atoms with Crippen molar-refractivity contribution in [3.8, 4) is 0 Å². The first-order chi connectivity index (χ1) is 6.27. The Kier molecular flexibility index (Phi) is 2.02. The van der Waals surface area contributed by atoms with Crippen molar-refractivity contribution in [2.45, 2.75) is 12.5 Å². The summed E-state index contributed by atoms with van der Waals surface area (Å²) in [6.07, 6.45) is 10.5. The van der Waals surface area contributed by atoms with E-state index in [1.807, 2.05) is 18.2 Å². The number of hydrogen-bond donors (Lipinski definition) is 2. The molecule has 3 nitrogen and oxygen atoms in total. The van der Waals surface area contributed by atoms with E-state index in [0.717, 1.165) is 5.57 Å². The maximum absolute atomic E-state index is 11.2. The van der Waals surface area contributed by atoms with E-state index in [0.29, 0.717) is 12.3 Å². The van der Waals surface area contributed by atoms with Crippen LogP contribution in [0.25, 0.3) is 0 Å². The second-order valence-electron chi connectivity index (χ2n) is 3.35. The van der Waals surface area contributed by atoms with Gasteiger partial charge in [0.1, 0.15) is 0 Å². The summed E-state index contributed by atoms with van der Waals surface area (Å²) in [6.45, 7) is 0. The lowest BCUT2D eigenvalue weighted by Crippen LogP contribution is -2.37. The van der Waals surface area contributed by atoms with Gasteiger partial charge in [-0.15, -0.1) is 0 Å². The molecule has 2 unspecified atom stereocenters. The van der Waals surface area contributed by atoms with Gasteiger partial charge in [-0.05, 0) is 12.0 Å². The third-order valence-electron chi connectivity index (χ3n) is 2.40. The molecule has 3 heteroatoms. The van der Waals surface area contributed by atoms with Crippen LogP contribution in [0.4, 0.5) is 0 Å². The molecule has 1 heterocycles. The molecule has 3 N–H and O–H groups in total. The molecule has 1 aliphatic heterocycles. The van der Waals surface area contributed by atoms with Crippen molar-refractivity contribution in [2.75, 3.05) is 0 Å². The molecule has 1 amide bonds. The van der Waals surface area contributed by atoms with E-state index in [9.17, 15) is 4.79 Å². The Morgan fingerprint density at radius 3 is 3.15 bits per heavy atom. The number of allylic oxidation sites excluding steroid dienone is 5. The predicted molar refractivity (Wildman–Crippen MR) is 50.6 cm³/mol. The molecular formula is C10H12N2O. The zero-order valence-electron chi connectivity index (χ0n) is 7.23. The Balaban J connectivity index is 2.26. The number of carbonyl (C=O) groups is 1. The fourth-order valence-corrected chi connectivity index (χ4v) is 1.61. The fourth-order valence-electron chi connectivity index (χ4n) is 1.61. The smallest absolute Gasteiger partial charge is 0.240 e. The predicted octanol–water partition coefficient (Wildman–Crippen LogP) is 0.460. The third kappa shape index (κ3) is 1.55. The Morgan fingerprint density at radius 1 is 1.46 bits per heavy atom. The SMILES string of the molecule is NC1CC2C=CC=CC2=CNC1=O. The maximum atomic E-state index is 11.2. The molecule has 68 valence electrons. The van der Waals surface area contributed by atoms with E-state index in [1.165, 1.54) is 0 Å². The van der Waals surface area contributed by atoms with Crippen molar-refractivity contribution in [1.82, 2.24) is 5.32 Å². The van der Waals surface area contributed by atoms with E-state index in [1.54, 1.807) is 6.20 Å². The Labute approximate surface area is 77.0 Å². The minimum atomic E-state index is -0.394. The molecular weight excluding hydrogens is 164 g/mol. The highest BCUT2D eigenvalue weighted by Gasteiger charge is 2.23. The van der Waals surface area contributed by atoms with Gasteiger partial charge in [0.15, 0.2) is 0 Å². The Morgan fingerprint density at radius 2 is 2.31 bits per heavy atom. The highest BCUT2D eigenvalue weighted by molar-refractivity contribution is 5.83. The molecule has 13 heavy (non-hydrogen) atoms. The van der Waals surface area contributed by atoms with E-state index in [4.69, 9.17) is 5.73 Å². The number of nitrogens with two attached hydrogens (primary N) is 1. The standard InChI is InChI=1S/C10H12N2O/c11-9-5-7-3-1-2-4-8(7)6-12-10(9)13/h1-4,6-7,9H,5,11H2,(H,12,13). The average molecular weight is 176 g/mol. The number of rotatable bonds is 0. The zero-order chi connectivity index (χ0) is 9.26. The van der Waals surface area contributed by atoms with Gasteiger partial charge >= 0.3 is 0 Å². The number of amides is 1. The summed E-state index contributed by atoms with van der Waals surface area (Å²) in [4.78, 5) is 11.2. The monoisotopic (exact) mass is 176 g/mol. The van der Waals surface area contributed by atoms with Gasteiger partial charge in [-0.2, -0.15) is 0 Å². The van der Waals surface area contributed by atoms with Crippen molar-refractivity contribution in [2.24, 2.45) is 11.7 Å². The van der Waals surface area contributed by atoms with Gasteiger partial charge in [-0.3, -0.25) is 4.79 Å². The lowest BCUT2D eigenvalue weighted by molar-refractivity contribution is -0.121. The van der Waals surface area contributed by atoms with Crippen LogP contribution in [0.1, 0.15) is 6.42 Å². The van der Waals surface area contributed by atoms with Crippen LogP contribution in [-0.2, 0) is 4.79 Å². The second kappa shape index (κ2) is 3.18. The molecule has 0 aromatic heterocycles. The number of carbonyl (C=O) groups excluding carboxylic acids is 1. The zero-order valence-corrected chi connectivity index (χ0v) is 7.23.